The monoisotopic (exact) mass is 419 g/mol. The highest BCUT2D eigenvalue weighted by Gasteiger charge is 2.47. The molecule has 1 aliphatic heterocycles. The van der Waals surface area contributed by atoms with Crippen molar-refractivity contribution >= 4 is 11.4 Å². The summed E-state index contributed by atoms with van der Waals surface area (Å²) in [5, 5.41) is 7.18. The van der Waals surface area contributed by atoms with Crippen molar-refractivity contribution in [3.63, 3.8) is 0 Å². The zero-order chi connectivity index (χ0) is 21.3. The quantitative estimate of drug-likeness (QED) is 0.359. The summed E-state index contributed by atoms with van der Waals surface area (Å²) in [6, 6.07) is 32.2. The van der Waals surface area contributed by atoms with Crippen LogP contribution in [0.2, 0.25) is 0 Å². The molecular formula is C28H25N3O. The number of nitrogens with zero attached hydrogens (tertiary/aromatic N) is 1. The first-order chi connectivity index (χ1) is 15.8. The molecule has 2 heterocycles. The maximum absolute atomic E-state index is 5.96. The van der Waals surface area contributed by atoms with Crippen molar-refractivity contribution in [3.8, 4) is 11.1 Å². The number of ether oxygens (including phenoxy) is 1. The van der Waals surface area contributed by atoms with E-state index in [4.69, 9.17) is 4.74 Å². The lowest BCUT2D eigenvalue weighted by molar-refractivity contribution is 0.344. The highest BCUT2D eigenvalue weighted by atomic mass is 16.6. The first kappa shape index (κ1) is 19.2. The summed E-state index contributed by atoms with van der Waals surface area (Å²) in [5.41, 5.74) is 7.03. The molecule has 4 aromatic rings. The molecule has 0 bridgehead atoms. The summed E-state index contributed by atoms with van der Waals surface area (Å²) in [6.45, 7) is 0. The third-order valence-corrected chi connectivity index (χ3v) is 6.27. The number of hydrogen-bond donors (Lipinski definition) is 2. The minimum Gasteiger partial charge on any atom is -0.356 e. The van der Waals surface area contributed by atoms with Crippen LogP contribution < -0.4 is 10.6 Å². The smallest absolute Gasteiger partial charge is 0.140 e. The van der Waals surface area contributed by atoms with Gasteiger partial charge in [0, 0.05) is 35.7 Å². The summed E-state index contributed by atoms with van der Waals surface area (Å²) < 4.78 is 5.96. The van der Waals surface area contributed by atoms with Gasteiger partial charge in [0.25, 0.3) is 0 Å². The molecule has 6 rings (SSSR count). The molecule has 2 N–H and O–H groups in total. The normalized spacial score (nSPS) is 23.5. The average Bonchev–Trinajstić information content (AvgIpc) is 3.78. The van der Waals surface area contributed by atoms with Crippen molar-refractivity contribution in [1.82, 2.24) is 10.3 Å². The van der Waals surface area contributed by atoms with Gasteiger partial charge in [-0.25, -0.2) is 0 Å². The van der Waals surface area contributed by atoms with Gasteiger partial charge in [0.2, 0.25) is 0 Å². The van der Waals surface area contributed by atoms with Gasteiger partial charge < -0.3 is 10.1 Å². The second kappa shape index (κ2) is 8.23. The maximum atomic E-state index is 5.96. The van der Waals surface area contributed by atoms with Crippen molar-refractivity contribution in [2.24, 2.45) is 0 Å². The molecule has 2 fully saturated rings. The number of rotatable bonds is 7. The second-order valence-electron chi connectivity index (χ2n) is 8.57. The Morgan fingerprint density at radius 1 is 0.750 bits per heavy atom. The van der Waals surface area contributed by atoms with Gasteiger partial charge in [0.15, 0.2) is 0 Å². The number of hydrogen-bond acceptors (Lipinski definition) is 4. The van der Waals surface area contributed by atoms with Gasteiger partial charge in [-0.15, -0.1) is 0 Å². The molecule has 1 aliphatic carbocycles. The van der Waals surface area contributed by atoms with Crippen LogP contribution in [0.4, 0.5) is 11.4 Å². The molecule has 32 heavy (non-hydrogen) atoms. The Morgan fingerprint density at radius 2 is 1.59 bits per heavy atom. The van der Waals surface area contributed by atoms with Gasteiger partial charge in [-0.05, 0) is 59.0 Å². The van der Waals surface area contributed by atoms with Crippen LogP contribution in [0.3, 0.4) is 0 Å². The summed E-state index contributed by atoms with van der Waals surface area (Å²) >= 11 is 0. The topological polar surface area (TPSA) is 49.5 Å². The lowest BCUT2D eigenvalue weighted by Crippen LogP contribution is -2.22. The van der Waals surface area contributed by atoms with E-state index in [1.807, 2.05) is 12.3 Å². The van der Waals surface area contributed by atoms with Crippen LogP contribution in [-0.4, -0.2) is 17.3 Å². The highest BCUT2D eigenvalue weighted by molar-refractivity contribution is 5.68. The van der Waals surface area contributed by atoms with Crippen LogP contribution in [0.15, 0.2) is 103 Å². The molecular weight excluding hydrogens is 394 g/mol. The van der Waals surface area contributed by atoms with Crippen LogP contribution in [0.1, 0.15) is 29.6 Å². The van der Waals surface area contributed by atoms with E-state index in [1.165, 1.54) is 17.5 Å². The Balaban J connectivity index is 1.07. The highest BCUT2D eigenvalue weighted by Crippen LogP contribution is 2.45. The summed E-state index contributed by atoms with van der Waals surface area (Å²) in [6.07, 6.45) is 5.11. The predicted molar refractivity (Wildman–Crippen MR) is 128 cm³/mol. The third-order valence-electron chi connectivity index (χ3n) is 6.27. The molecule has 3 aromatic carbocycles. The largest absolute Gasteiger partial charge is 0.356 e. The molecule has 1 saturated carbocycles. The molecule has 0 spiro atoms. The zero-order valence-electron chi connectivity index (χ0n) is 17.7. The Kier molecular flexibility index (Phi) is 4.94. The SMILES string of the molecule is c1ccc([C@@H]2C[C@H]2NC2O[C@H]2c2cccc(Nc3ccc(-c4cccnc4)cc3)c2)cc1. The van der Waals surface area contributed by atoms with Crippen LogP contribution in [-0.2, 0) is 4.74 Å². The standard InChI is InChI=1S/C28H25N3O/c1-2-6-20(7-3-1)25-17-26(25)31-28-27(32-28)21-8-4-10-24(16-21)30-23-13-11-19(12-14-23)22-9-5-15-29-18-22/h1-16,18,25-28,30-31H,17H2/t25-,26+,27-,28?/m0/s1. The molecule has 158 valence electrons. The number of aromatic nitrogens is 1. The average molecular weight is 420 g/mol. The van der Waals surface area contributed by atoms with Gasteiger partial charge >= 0.3 is 0 Å². The maximum Gasteiger partial charge on any atom is 0.140 e. The van der Waals surface area contributed by atoms with E-state index in [-0.39, 0.29) is 12.3 Å². The fraction of sp³-hybridized carbons (Fsp3) is 0.179. The predicted octanol–water partition coefficient (Wildman–Crippen LogP) is 6.04. The summed E-state index contributed by atoms with van der Waals surface area (Å²) in [5.74, 6) is 0.615. The molecule has 0 amide bonds. The van der Waals surface area contributed by atoms with Crippen molar-refractivity contribution in [2.75, 3.05) is 5.32 Å². The molecule has 0 radical (unpaired) electrons. The number of nitrogens with one attached hydrogen (secondary N) is 2. The number of benzene rings is 3. The third kappa shape index (κ3) is 4.15. The van der Waals surface area contributed by atoms with E-state index in [0.29, 0.717) is 12.0 Å². The van der Waals surface area contributed by atoms with Crippen LogP contribution in [0.25, 0.3) is 11.1 Å². The van der Waals surface area contributed by atoms with Crippen molar-refractivity contribution in [2.45, 2.75) is 30.7 Å². The molecule has 1 saturated heterocycles. The minimum atomic E-state index is 0.114. The lowest BCUT2D eigenvalue weighted by atomic mass is 10.1. The van der Waals surface area contributed by atoms with E-state index >= 15 is 0 Å². The number of pyridine rings is 1. The van der Waals surface area contributed by atoms with E-state index in [9.17, 15) is 0 Å². The van der Waals surface area contributed by atoms with E-state index in [1.54, 1.807) is 6.20 Å². The molecule has 4 atom stereocenters. The molecule has 1 unspecified atom stereocenters. The zero-order valence-corrected chi connectivity index (χ0v) is 17.7. The fourth-order valence-electron chi connectivity index (χ4n) is 4.39. The molecule has 4 nitrogen and oxygen atoms in total. The van der Waals surface area contributed by atoms with Crippen molar-refractivity contribution in [1.29, 1.82) is 0 Å². The molecule has 1 aromatic heterocycles. The Hall–Kier alpha value is -3.47. The Labute approximate surface area is 188 Å². The first-order valence-corrected chi connectivity index (χ1v) is 11.2. The van der Waals surface area contributed by atoms with Crippen LogP contribution >= 0.6 is 0 Å². The first-order valence-electron chi connectivity index (χ1n) is 11.2. The fourth-order valence-corrected chi connectivity index (χ4v) is 4.39. The van der Waals surface area contributed by atoms with E-state index < -0.39 is 0 Å². The van der Waals surface area contributed by atoms with Gasteiger partial charge in [-0.1, -0.05) is 60.7 Å². The summed E-state index contributed by atoms with van der Waals surface area (Å²) in [7, 11) is 0. The number of epoxide rings is 1. The summed E-state index contributed by atoms with van der Waals surface area (Å²) in [4.78, 5) is 4.20. The second-order valence-corrected chi connectivity index (χ2v) is 8.57. The van der Waals surface area contributed by atoms with Crippen LogP contribution in [0, 0.1) is 0 Å². The number of anilines is 2. The molecule has 4 heteroatoms. The lowest BCUT2D eigenvalue weighted by Gasteiger charge is -2.09. The van der Waals surface area contributed by atoms with Gasteiger partial charge in [0.1, 0.15) is 12.3 Å². The van der Waals surface area contributed by atoms with E-state index in [0.717, 1.165) is 22.5 Å². The van der Waals surface area contributed by atoms with Gasteiger partial charge in [-0.3, -0.25) is 10.3 Å². The molecule has 2 aliphatic rings. The van der Waals surface area contributed by atoms with Crippen molar-refractivity contribution < 1.29 is 4.74 Å². The van der Waals surface area contributed by atoms with Crippen LogP contribution in [0.5, 0.6) is 0 Å². The van der Waals surface area contributed by atoms with Gasteiger partial charge in [-0.2, -0.15) is 0 Å². The Morgan fingerprint density at radius 3 is 2.41 bits per heavy atom. The van der Waals surface area contributed by atoms with Crippen molar-refractivity contribution in [3.05, 3.63) is 115 Å². The van der Waals surface area contributed by atoms with E-state index in [2.05, 4.69) is 101 Å². The minimum absolute atomic E-state index is 0.114. The van der Waals surface area contributed by atoms with Gasteiger partial charge in [0.05, 0.1) is 0 Å². The Bertz CT molecular complexity index is 1190.